The number of methoxy groups -OCH3 is 2. The average molecular weight is 510 g/mol. The van der Waals surface area contributed by atoms with Crippen molar-refractivity contribution in [2.75, 3.05) is 26.1 Å². The number of amides is 1. The number of carbonyl (C=O) groups is 1. The van der Waals surface area contributed by atoms with E-state index in [0.29, 0.717) is 39.9 Å². The Morgan fingerprint density at radius 3 is 2.52 bits per heavy atom. The van der Waals surface area contributed by atoms with Crippen LogP contribution in [0.1, 0.15) is 0 Å². The van der Waals surface area contributed by atoms with Crippen molar-refractivity contribution in [3.63, 3.8) is 0 Å². The lowest BCUT2D eigenvalue weighted by atomic mass is 10.1. The number of carbonyl (C=O) groups excluding carboxylic acids is 1. The summed E-state index contributed by atoms with van der Waals surface area (Å²) in [4.78, 5) is 16.9. The first-order valence-corrected chi connectivity index (χ1v) is 10.7. The Hall–Kier alpha value is -3.85. The Kier molecular flexibility index (Phi) is 6.89. The fourth-order valence-corrected chi connectivity index (χ4v) is 3.33. The van der Waals surface area contributed by atoms with Crippen molar-refractivity contribution in [1.29, 1.82) is 0 Å². The molecule has 1 aromatic heterocycles. The predicted octanol–water partition coefficient (Wildman–Crippen LogP) is 5.20. The van der Waals surface area contributed by atoms with Crippen LogP contribution >= 0.6 is 15.9 Å². The van der Waals surface area contributed by atoms with Gasteiger partial charge in [-0.15, -0.1) is 0 Å². The topological polar surface area (TPSA) is 95.7 Å². The number of para-hydroxylation sites is 1. The molecule has 0 spiro atoms. The zero-order valence-corrected chi connectivity index (χ0v) is 19.5. The summed E-state index contributed by atoms with van der Waals surface area (Å²) in [5, 5.41) is 6.91. The number of hydrogen-bond donors (Lipinski definition) is 1. The van der Waals surface area contributed by atoms with Crippen LogP contribution < -0.4 is 19.5 Å². The molecule has 1 heterocycles. The molecule has 0 saturated heterocycles. The second kappa shape index (κ2) is 10.2. The zero-order chi connectivity index (χ0) is 23.2. The van der Waals surface area contributed by atoms with E-state index in [1.54, 1.807) is 56.7 Å². The fourth-order valence-electron chi connectivity index (χ4n) is 3.07. The Balaban J connectivity index is 1.50. The molecular weight excluding hydrogens is 490 g/mol. The van der Waals surface area contributed by atoms with Crippen LogP contribution in [0.25, 0.3) is 22.8 Å². The number of hydrogen-bond acceptors (Lipinski definition) is 7. The third kappa shape index (κ3) is 5.32. The van der Waals surface area contributed by atoms with E-state index in [0.717, 1.165) is 4.47 Å². The van der Waals surface area contributed by atoms with Crippen LogP contribution in [0, 0.1) is 0 Å². The first-order valence-electron chi connectivity index (χ1n) is 9.91. The van der Waals surface area contributed by atoms with Crippen LogP contribution in [0.2, 0.25) is 0 Å². The van der Waals surface area contributed by atoms with Crippen molar-refractivity contribution in [3.05, 3.63) is 71.2 Å². The number of nitrogens with zero attached hydrogens (tertiary/aromatic N) is 2. The highest BCUT2D eigenvalue weighted by Gasteiger charge is 2.17. The summed E-state index contributed by atoms with van der Waals surface area (Å²) in [5.41, 5.74) is 1.82. The van der Waals surface area contributed by atoms with Crippen molar-refractivity contribution < 1.29 is 23.5 Å². The number of aromatic nitrogens is 2. The van der Waals surface area contributed by atoms with E-state index in [2.05, 4.69) is 31.4 Å². The monoisotopic (exact) mass is 509 g/mol. The molecule has 0 atom stereocenters. The molecule has 0 fully saturated rings. The predicted molar refractivity (Wildman–Crippen MR) is 127 cm³/mol. The highest BCUT2D eigenvalue weighted by atomic mass is 79.9. The van der Waals surface area contributed by atoms with E-state index >= 15 is 0 Å². The van der Waals surface area contributed by atoms with Gasteiger partial charge >= 0.3 is 0 Å². The highest BCUT2D eigenvalue weighted by Crippen LogP contribution is 2.33. The van der Waals surface area contributed by atoms with Crippen LogP contribution in [-0.4, -0.2) is 36.9 Å². The molecule has 4 rings (SSSR count). The molecule has 0 radical (unpaired) electrons. The largest absolute Gasteiger partial charge is 0.493 e. The molecule has 0 bridgehead atoms. The molecule has 33 heavy (non-hydrogen) atoms. The molecule has 9 heteroatoms. The van der Waals surface area contributed by atoms with E-state index in [1.807, 2.05) is 24.3 Å². The quantitative estimate of drug-likeness (QED) is 0.348. The Labute approximate surface area is 198 Å². The van der Waals surface area contributed by atoms with Crippen molar-refractivity contribution in [1.82, 2.24) is 10.1 Å². The maximum atomic E-state index is 12.5. The van der Waals surface area contributed by atoms with Gasteiger partial charge in [0.05, 0.1) is 25.5 Å². The molecule has 0 aliphatic rings. The number of ether oxygens (including phenoxy) is 3. The first kappa shape index (κ1) is 22.3. The third-order valence-corrected chi connectivity index (χ3v) is 5.21. The van der Waals surface area contributed by atoms with Gasteiger partial charge in [0.15, 0.2) is 18.1 Å². The van der Waals surface area contributed by atoms with Crippen molar-refractivity contribution in [3.8, 4) is 40.1 Å². The van der Waals surface area contributed by atoms with Gasteiger partial charge in [-0.3, -0.25) is 4.79 Å². The van der Waals surface area contributed by atoms with Crippen molar-refractivity contribution in [2.45, 2.75) is 0 Å². The van der Waals surface area contributed by atoms with Crippen LogP contribution in [0.5, 0.6) is 17.2 Å². The molecule has 168 valence electrons. The maximum absolute atomic E-state index is 12.5. The highest BCUT2D eigenvalue weighted by molar-refractivity contribution is 9.10. The second-order valence-electron chi connectivity index (χ2n) is 6.83. The molecule has 0 aliphatic carbocycles. The standard InChI is InChI=1S/C24H20BrN3O5/c1-30-20-12-7-15(13-21(20)31-2)23-27-24(33-28-23)18-5-3-4-6-19(18)26-22(29)14-32-17-10-8-16(25)9-11-17/h3-13H,14H2,1-2H3,(H,26,29). The molecule has 4 aromatic rings. The van der Waals surface area contributed by atoms with Crippen molar-refractivity contribution >= 4 is 27.5 Å². The Bertz CT molecular complexity index is 1260. The smallest absolute Gasteiger partial charge is 0.262 e. The molecule has 0 aliphatic heterocycles. The molecule has 0 saturated carbocycles. The van der Waals surface area contributed by atoms with Crippen LogP contribution in [0.4, 0.5) is 5.69 Å². The number of benzene rings is 3. The van der Waals surface area contributed by atoms with Crippen LogP contribution in [-0.2, 0) is 4.79 Å². The van der Waals surface area contributed by atoms with E-state index < -0.39 is 0 Å². The lowest BCUT2D eigenvalue weighted by molar-refractivity contribution is -0.118. The maximum Gasteiger partial charge on any atom is 0.262 e. The number of nitrogens with one attached hydrogen (secondary N) is 1. The number of rotatable bonds is 8. The summed E-state index contributed by atoms with van der Waals surface area (Å²) in [6.07, 6.45) is 0. The van der Waals surface area contributed by atoms with Crippen LogP contribution in [0.3, 0.4) is 0 Å². The average Bonchev–Trinajstić information content (AvgIpc) is 3.33. The van der Waals surface area contributed by atoms with Crippen LogP contribution in [0.15, 0.2) is 75.7 Å². The molecule has 1 N–H and O–H groups in total. The van der Waals surface area contributed by atoms with Gasteiger partial charge in [0.25, 0.3) is 11.8 Å². The van der Waals surface area contributed by atoms with E-state index in [-0.39, 0.29) is 18.4 Å². The molecular formula is C24H20BrN3O5. The first-order chi connectivity index (χ1) is 16.1. The Morgan fingerprint density at radius 1 is 1.00 bits per heavy atom. The summed E-state index contributed by atoms with van der Waals surface area (Å²) in [6.45, 7) is -0.142. The third-order valence-electron chi connectivity index (χ3n) is 4.68. The number of anilines is 1. The lowest BCUT2D eigenvalue weighted by Crippen LogP contribution is -2.20. The summed E-state index contributed by atoms with van der Waals surface area (Å²) in [7, 11) is 3.13. The van der Waals surface area contributed by atoms with E-state index in [1.165, 1.54) is 0 Å². The normalized spacial score (nSPS) is 10.5. The summed E-state index contributed by atoms with van der Waals surface area (Å²) in [5.74, 6) is 2.08. The van der Waals surface area contributed by atoms with Gasteiger partial charge in [-0.1, -0.05) is 33.2 Å². The zero-order valence-electron chi connectivity index (χ0n) is 17.9. The van der Waals surface area contributed by atoms with Gasteiger partial charge in [0.2, 0.25) is 5.82 Å². The van der Waals surface area contributed by atoms with Gasteiger partial charge in [0, 0.05) is 10.0 Å². The molecule has 0 unspecified atom stereocenters. The van der Waals surface area contributed by atoms with E-state index in [4.69, 9.17) is 18.7 Å². The van der Waals surface area contributed by atoms with Gasteiger partial charge in [-0.2, -0.15) is 4.98 Å². The minimum Gasteiger partial charge on any atom is -0.493 e. The van der Waals surface area contributed by atoms with E-state index in [9.17, 15) is 4.79 Å². The molecule has 1 amide bonds. The van der Waals surface area contributed by atoms with Gasteiger partial charge < -0.3 is 24.1 Å². The van der Waals surface area contributed by atoms with Crippen molar-refractivity contribution in [2.24, 2.45) is 0 Å². The SMILES string of the molecule is COc1ccc(-c2noc(-c3ccccc3NC(=O)COc3ccc(Br)cc3)n2)cc1OC. The minimum absolute atomic E-state index is 0.142. The lowest BCUT2D eigenvalue weighted by Gasteiger charge is -2.10. The number of halogens is 1. The molecule has 8 nitrogen and oxygen atoms in total. The van der Waals surface area contributed by atoms with Gasteiger partial charge in [0.1, 0.15) is 5.75 Å². The summed E-state index contributed by atoms with van der Waals surface area (Å²) < 4.78 is 22.6. The summed E-state index contributed by atoms with van der Waals surface area (Å²) in [6, 6.07) is 19.8. The van der Waals surface area contributed by atoms with Gasteiger partial charge in [-0.25, -0.2) is 0 Å². The minimum atomic E-state index is -0.315. The fraction of sp³-hybridized carbons (Fsp3) is 0.125. The van der Waals surface area contributed by atoms with Gasteiger partial charge in [-0.05, 0) is 54.6 Å². The summed E-state index contributed by atoms with van der Waals surface area (Å²) >= 11 is 3.36. The molecule has 3 aromatic carbocycles. The second-order valence-corrected chi connectivity index (χ2v) is 7.74. The Morgan fingerprint density at radius 2 is 1.76 bits per heavy atom.